The van der Waals surface area contributed by atoms with Crippen LogP contribution in [0.15, 0.2) is 60.7 Å². The molecule has 1 fully saturated rings. The molecular weight excluding hydrogens is 286 g/mol. The number of ether oxygens (including phenoxy) is 1. The van der Waals surface area contributed by atoms with Gasteiger partial charge in [0.15, 0.2) is 0 Å². The lowest BCUT2D eigenvalue weighted by Crippen LogP contribution is -2.42. The molecule has 1 saturated heterocycles. The molecule has 1 heterocycles. The van der Waals surface area contributed by atoms with E-state index < -0.39 is 0 Å². The number of esters is 1. The van der Waals surface area contributed by atoms with Crippen LogP contribution in [0, 0.1) is 5.92 Å². The minimum atomic E-state index is -0.127. The molecule has 3 rings (SSSR count). The number of carbonyl (C=O) groups excluding carboxylic acids is 1. The van der Waals surface area contributed by atoms with Gasteiger partial charge in [-0.1, -0.05) is 60.7 Å². The van der Waals surface area contributed by atoms with Crippen LogP contribution < -0.4 is 5.32 Å². The van der Waals surface area contributed by atoms with E-state index in [0.29, 0.717) is 13.2 Å². The number of rotatable bonds is 4. The molecule has 2 aromatic carbocycles. The maximum absolute atomic E-state index is 12.4. The maximum atomic E-state index is 12.4. The van der Waals surface area contributed by atoms with E-state index in [1.807, 2.05) is 31.2 Å². The molecule has 23 heavy (non-hydrogen) atoms. The maximum Gasteiger partial charge on any atom is 0.310 e. The molecule has 1 aliphatic heterocycles. The Kier molecular flexibility index (Phi) is 5.09. The summed E-state index contributed by atoms with van der Waals surface area (Å²) in [6, 6.07) is 21.0. The number of benzene rings is 2. The molecule has 1 aliphatic rings. The first kappa shape index (κ1) is 15.8. The van der Waals surface area contributed by atoms with E-state index in [2.05, 4.69) is 41.7 Å². The van der Waals surface area contributed by atoms with Crippen molar-refractivity contribution in [3.8, 4) is 0 Å². The summed E-state index contributed by atoms with van der Waals surface area (Å²) in [5.41, 5.74) is 2.49. The van der Waals surface area contributed by atoms with Gasteiger partial charge in [0.2, 0.25) is 0 Å². The van der Waals surface area contributed by atoms with Crippen LogP contribution in [0.4, 0.5) is 0 Å². The molecule has 1 N–H and O–H groups in total. The smallest absolute Gasteiger partial charge is 0.310 e. The SMILES string of the molecule is CCOC(=O)[C@@H]1CN[C@H](c2ccccc2)C[C@@H]1c1ccccc1. The Morgan fingerprint density at radius 3 is 2.26 bits per heavy atom. The van der Waals surface area contributed by atoms with Gasteiger partial charge >= 0.3 is 5.97 Å². The van der Waals surface area contributed by atoms with E-state index in [-0.39, 0.29) is 23.8 Å². The van der Waals surface area contributed by atoms with Crippen LogP contribution >= 0.6 is 0 Å². The highest BCUT2D eigenvalue weighted by Crippen LogP contribution is 2.38. The summed E-state index contributed by atoms with van der Waals surface area (Å²) in [5, 5.41) is 3.52. The fraction of sp³-hybridized carbons (Fsp3) is 0.350. The zero-order valence-electron chi connectivity index (χ0n) is 13.4. The largest absolute Gasteiger partial charge is 0.466 e. The van der Waals surface area contributed by atoms with Crippen molar-refractivity contribution >= 4 is 5.97 Å². The molecule has 3 heteroatoms. The molecule has 0 aliphatic carbocycles. The zero-order valence-corrected chi connectivity index (χ0v) is 13.4. The van der Waals surface area contributed by atoms with Crippen molar-refractivity contribution in [3.63, 3.8) is 0 Å². The third-order valence-corrected chi connectivity index (χ3v) is 4.58. The van der Waals surface area contributed by atoms with Crippen molar-refractivity contribution in [2.75, 3.05) is 13.2 Å². The number of piperidine rings is 1. The van der Waals surface area contributed by atoms with Crippen molar-refractivity contribution in [3.05, 3.63) is 71.8 Å². The second kappa shape index (κ2) is 7.42. The van der Waals surface area contributed by atoms with Crippen molar-refractivity contribution in [1.29, 1.82) is 0 Å². The summed E-state index contributed by atoms with van der Waals surface area (Å²) in [7, 11) is 0. The van der Waals surface area contributed by atoms with Gasteiger partial charge < -0.3 is 10.1 Å². The normalized spacial score (nSPS) is 24.1. The summed E-state index contributed by atoms with van der Waals surface area (Å²) in [6.07, 6.45) is 0.900. The van der Waals surface area contributed by atoms with Crippen molar-refractivity contribution in [2.24, 2.45) is 5.92 Å². The van der Waals surface area contributed by atoms with E-state index in [1.165, 1.54) is 11.1 Å². The van der Waals surface area contributed by atoms with Crippen LogP contribution in [-0.2, 0) is 9.53 Å². The minimum Gasteiger partial charge on any atom is -0.466 e. The molecule has 0 amide bonds. The summed E-state index contributed by atoms with van der Waals surface area (Å²) < 4.78 is 5.30. The average molecular weight is 309 g/mol. The second-order valence-electron chi connectivity index (χ2n) is 5.98. The second-order valence-corrected chi connectivity index (χ2v) is 5.98. The molecule has 0 saturated carbocycles. The van der Waals surface area contributed by atoms with Crippen LogP contribution in [-0.4, -0.2) is 19.1 Å². The van der Waals surface area contributed by atoms with Crippen LogP contribution in [0.3, 0.4) is 0 Å². The van der Waals surface area contributed by atoms with Crippen LogP contribution in [0.2, 0.25) is 0 Å². The monoisotopic (exact) mass is 309 g/mol. The Morgan fingerprint density at radius 2 is 1.65 bits per heavy atom. The number of hydrogen-bond donors (Lipinski definition) is 1. The summed E-state index contributed by atoms with van der Waals surface area (Å²) in [4.78, 5) is 12.4. The predicted molar refractivity (Wildman–Crippen MR) is 91.1 cm³/mol. The lowest BCUT2D eigenvalue weighted by Gasteiger charge is -2.36. The fourth-order valence-electron chi connectivity index (χ4n) is 3.42. The lowest BCUT2D eigenvalue weighted by molar-refractivity contribution is -0.149. The molecule has 120 valence electrons. The Hall–Kier alpha value is -2.13. The highest BCUT2D eigenvalue weighted by atomic mass is 16.5. The van der Waals surface area contributed by atoms with Gasteiger partial charge in [0.05, 0.1) is 12.5 Å². The first-order valence-corrected chi connectivity index (χ1v) is 8.29. The van der Waals surface area contributed by atoms with E-state index in [0.717, 1.165) is 6.42 Å². The van der Waals surface area contributed by atoms with E-state index in [4.69, 9.17) is 4.74 Å². The van der Waals surface area contributed by atoms with E-state index >= 15 is 0 Å². The van der Waals surface area contributed by atoms with Gasteiger partial charge in [0.25, 0.3) is 0 Å². The molecule has 3 nitrogen and oxygen atoms in total. The summed E-state index contributed by atoms with van der Waals surface area (Å²) in [5.74, 6) is -0.0422. The molecular formula is C20H23NO2. The summed E-state index contributed by atoms with van der Waals surface area (Å²) >= 11 is 0. The zero-order chi connectivity index (χ0) is 16.1. The minimum absolute atomic E-state index is 0.0969. The molecule has 0 spiro atoms. The molecule has 2 aromatic rings. The average Bonchev–Trinajstić information content (AvgIpc) is 2.63. The molecule has 0 aromatic heterocycles. The third-order valence-electron chi connectivity index (χ3n) is 4.58. The molecule has 0 unspecified atom stereocenters. The highest BCUT2D eigenvalue weighted by molar-refractivity contribution is 5.74. The van der Waals surface area contributed by atoms with Crippen molar-refractivity contribution < 1.29 is 9.53 Å². The number of hydrogen-bond acceptors (Lipinski definition) is 3. The third kappa shape index (κ3) is 3.62. The first-order valence-electron chi connectivity index (χ1n) is 8.29. The fourth-order valence-corrected chi connectivity index (χ4v) is 3.42. The van der Waals surface area contributed by atoms with E-state index in [1.54, 1.807) is 0 Å². The summed E-state index contributed by atoms with van der Waals surface area (Å²) in [6.45, 7) is 2.94. The van der Waals surface area contributed by atoms with E-state index in [9.17, 15) is 4.79 Å². The van der Waals surface area contributed by atoms with Gasteiger partial charge in [-0.05, 0) is 24.5 Å². The predicted octanol–water partition coefficient (Wildman–Crippen LogP) is 3.68. The molecule has 0 bridgehead atoms. The van der Waals surface area contributed by atoms with Gasteiger partial charge in [0.1, 0.15) is 0 Å². The van der Waals surface area contributed by atoms with Crippen molar-refractivity contribution in [1.82, 2.24) is 5.32 Å². The van der Waals surface area contributed by atoms with Gasteiger partial charge in [-0.2, -0.15) is 0 Å². The highest BCUT2D eigenvalue weighted by Gasteiger charge is 2.37. The first-order chi connectivity index (χ1) is 11.3. The Bertz CT molecular complexity index is 627. The van der Waals surface area contributed by atoms with Gasteiger partial charge in [-0.25, -0.2) is 0 Å². The van der Waals surface area contributed by atoms with Crippen LogP contribution in [0.5, 0.6) is 0 Å². The molecule has 0 radical (unpaired) electrons. The van der Waals surface area contributed by atoms with Gasteiger partial charge in [0, 0.05) is 18.5 Å². The Morgan fingerprint density at radius 1 is 1.04 bits per heavy atom. The topological polar surface area (TPSA) is 38.3 Å². The lowest BCUT2D eigenvalue weighted by atomic mass is 9.77. The van der Waals surface area contributed by atoms with Gasteiger partial charge in [-0.15, -0.1) is 0 Å². The quantitative estimate of drug-likeness (QED) is 0.876. The van der Waals surface area contributed by atoms with Crippen molar-refractivity contribution in [2.45, 2.75) is 25.3 Å². The number of carbonyl (C=O) groups is 1. The van der Waals surface area contributed by atoms with Crippen LogP contribution in [0.25, 0.3) is 0 Å². The standard InChI is InChI=1S/C20H23NO2/c1-2-23-20(22)18-14-21-19(16-11-7-4-8-12-16)13-17(18)15-9-5-3-6-10-15/h3-12,17-19,21H,2,13-14H2,1H3/t17-,18-,19+/m1/s1. The Balaban J connectivity index is 1.85. The number of nitrogens with one attached hydrogen (secondary N) is 1. The molecule has 3 atom stereocenters. The van der Waals surface area contributed by atoms with Crippen LogP contribution in [0.1, 0.15) is 36.4 Å². The Labute approximate surface area is 137 Å². The van der Waals surface area contributed by atoms with Gasteiger partial charge in [-0.3, -0.25) is 4.79 Å².